The number of benzene rings is 1. The maximum atomic E-state index is 12.2. The molecular formula is C14H16N2O. The average Bonchev–Trinajstić information content (AvgIpc) is 2.38. The highest BCUT2D eigenvalue weighted by atomic mass is 16.2. The van der Waals surface area contributed by atoms with Crippen molar-refractivity contribution in [3.05, 3.63) is 35.4 Å². The van der Waals surface area contributed by atoms with Crippen LogP contribution in [-0.2, 0) is 0 Å². The summed E-state index contributed by atoms with van der Waals surface area (Å²) in [6.07, 6.45) is 2.27. The van der Waals surface area contributed by atoms with E-state index in [0.29, 0.717) is 17.0 Å². The second-order valence-electron chi connectivity index (χ2n) is 4.69. The van der Waals surface area contributed by atoms with Gasteiger partial charge < -0.3 is 4.90 Å². The van der Waals surface area contributed by atoms with Crippen LogP contribution in [0.15, 0.2) is 24.3 Å². The number of carbonyl (C=O) groups is 1. The Bertz CT molecular complexity index is 462. The first-order valence-electron chi connectivity index (χ1n) is 6.00. The zero-order valence-corrected chi connectivity index (χ0v) is 10.0. The van der Waals surface area contributed by atoms with Gasteiger partial charge in [0, 0.05) is 18.7 Å². The van der Waals surface area contributed by atoms with Crippen LogP contribution in [-0.4, -0.2) is 23.9 Å². The molecule has 3 heteroatoms. The Morgan fingerprint density at radius 2 is 2.35 bits per heavy atom. The first-order chi connectivity index (χ1) is 8.20. The third kappa shape index (κ3) is 2.65. The van der Waals surface area contributed by atoms with Gasteiger partial charge in [0.15, 0.2) is 0 Å². The topological polar surface area (TPSA) is 44.1 Å². The fourth-order valence-electron chi connectivity index (χ4n) is 2.28. The summed E-state index contributed by atoms with van der Waals surface area (Å²) in [5.74, 6) is 0.625. The summed E-state index contributed by atoms with van der Waals surface area (Å²) in [4.78, 5) is 14.1. The van der Waals surface area contributed by atoms with Crippen molar-refractivity contribution in [1.82, 2.24) is 4.90 Å². The lowest BCUT2D eigenvalue weighted by Crippen LogP contribution is -2.39. The van der Waals surface area contributed by atoms with E-state index in [1.54, 1.807) is 24.3 Å². The van der Waals surface area contributed by atoms with Crippen LogP contribution in [0, 0.1) is 17.2 Å². The molecule has 3 nitrogen and oxygen atoms in total. The summed E-state index contributed by atoms with van der Waals surface area (Å²) in [6, 6.07) is 8.99. The molecule has 1 amide bonds. The van der Waals surface area contributed by atoms with E-state index in [2.05, 4.69) is 13.0 Å². The molecule has 1 aliphatic rings. The van der Waals surface area contributed by atoms with Crippen LogP contribution in [0.25, 0.3) is 0 Å². The molecule has 1 saturated heterocycles. The van der Waals surface area contributed by atoms with Gasteiger partial charge >= 0.3 is 0 Å². The van der Waals surface area contributed by atoms with Crippen molar-refractivity contribution >= 4 is 5.91 Å². The minimum absolute atomic E-state index is 0.0497. The van der Waals surface area contributed by atoms with Gasteiger partial charge in [0.05, 0.1) is 11.6 Å². The van der Waals surface area contributed by atoms with E-state index in [4.69, 9.17) is 5.26 Å². The van der Waals surface area contributed by atoms with Crippen molar-refractivity contribution in [1.29, 1.82) is 5.26 Å². The Kier molecular flexibility index (Phi) is 3.43. The van der Waals surface area contributed by atoms with E-state index in [1.165, 1.54) is 6.42 Å². The smallest absolute Gasteiger partial charge is 0.253 e. The van der Waals surface area contributed by atoms with Crippen LogP contribution in [0.5, 0.6) is 0 Å². The van der Waals surface area contributed by atoms with Crippen molar-refractivity contribution < 1.29 is 4.79 Å². The molecule has 2 rings (SSSR count). The summed E-state index contributed by atoms with van der Waals surface area (Å²) < 4.78 is 0. The van der Waals surface area contributed by atoms with E-state index < -0.39 is 0 Å². The highest BCUT2D eigenvalue weighted by Crippen LogP contribution is 2.18. The molecule has 1 fully saturated rings. The fourth-order valence-corrected chi connectivity index (χ4v) is 2.28. The largest absolute Gasteiger partial charge is 0.338 e. The molecule has 1 aromatic rings. The molecule has 0 radical (unpaired) electrons. The molecule has 0 bridgehead atoms. The number of carbonyl (C=O) groups excluding carboxylic acids is 1. The fraction of sp³-hybridized carbons (Fsp3) is 0.429. The van der Waals surface area contributed by atoms with Gasteiger partial charge in [-0.05, 0) is 37.0 Å². The Hall–Kier alpha value is -1.82. The minimum Gasteiger partial charge on any atom is -0.338 e. The Morgan fingerprint density at radius 3 is 3.06 bits per heavy atom. The first kappa shape index (κ1) is 11.7. The van der Waals surface area contributed by atoms with Crippen molar-refractivity contribution in [3.63, 3.8) is 0 Å². The molecule has 0 saturated carbocycles. The van der Waals surface area contributed by atoms with E-state index in [1.807, 2.05) is 4.90 Å². The highest BCUT2D eigenvalue weighted by molar-refractivity contribution is 5.94. The van der Waals surface area contributed by atoms with Crippen molar-refractivity contribution in [3.8, 4) is 6.07 Å². The maximum absolute atomic E-state index is 12.2. The van der Waals surface area contributed by atoms with E-state index in [0.717, 1.165) is 19.5 Å². The van der Waals surface area contributed by atoms with Crippen molar-refractivity contribution in [2.24, 2.45) is 5.92 Å². The number of nitriles is 1. The molecule has 1 aromatic carbocycles. The summed E-state index contributed by atoms with van der Waals surface area (Å²) >= 11 is 0. The second kappa shape index (κ2) is 5.01. The zero-order valence-electron chi connectivity index (χ0n) is 10.0. The number of amides is 1. The highest BCUT2D eigenvalue weighted by Gasteiger charge is 2.21. The van der Waals surface area contributed by atoms with Gasteiger partial charge in [-0.25, -0.2) is 0 Å². The van der Waals surface area contributed by atoms with E-state index in [9.17, 15) is 4.79 Å². The van der Waals surface area contributed by atoms with Gasteiger partial charge in [0.1, 0.15) is 0 Å². The van der Waals surface area contributed by atoms with Crippen LogP contribution >= 0.6 is 0 Å². The number of hydrogen-bond donors (Lipinski definition) is 0. The first-order valence-corrected chi connectivity index (χ1v) is 6.00. The Labute approximate surface area is 102 Å². The molecule has 1 aliphatic heterocycles. The van der Waals surface area contributed by atoms with Crippen LogP contribution < -0.4 is 0 Å². The number of piperidine rings is 1. The van der Waals surface area contributed by atoms with Gasteiger partial charge in [0.25, 0.3) is 5.91 Å². The monoisotopic (exact) mass is 228 g/mol. The summed E-state index contributed by atoms with van der Waals surface area (Å²) in [5.41, 5.74) is 1.17. The van der Waals surface area contributed by atoms with Gasteiger partial charge in [-0.15, -0.1) is 0 Å². The molecule has 1 unspecified atom stereocenters. The van der Waals surface area contributed by atoms with Crippen LogP contribution in [0.4, 0.5) is 0 Å². The van der Waals surface area contributed by atoms with Crippen molar-refractivity contribution in [2.75, 3.05) is 13.1 Å². The lowest BCUT2D eigenvalue weighted by Gasteiger charge is -2.31. The van der Waals surface area contributed by atoms with Gasteiger partial charge in [-0.3, -0.25) is 4.79 Å². The van der Waals surface area contributed by atoms with E-state index in [-0.39, 0.29) is 5.91 Å². The lowest BCUT2D eigenvalue weighted by molar-refractivity contribution is 0.0683. The SMILES string of the molecule is CC1CCCN(C(=O)c2cccc(C#N)c2)C1. The quantitative estimate of drug-likeness (QED) is 0.741. The molecule has 0 aliphatic carbocycles. The molecule has 88 valence electrons. The van der Waals surface area contributed by atoms with Gasteiger partial charge in [-0.1, -0.05) is 13.0 Å². The van der Waals surface area contributed by atoms with Gasteiger partial charge in [-0.2, -0.15) is 5.26 Å². The number of rotatable bonds is 1. The Morgan fingerprint density at radius 1 is 1.53 bits per heavy atom. The molecule has 1 heterocycles. The van der Waals surface area contributed by atoms with Crippen LogP contribution in [0.3, 0.4) is 0 Å². The Balaban J connectivity index is 2.16. The second-order valence-corrected chi connectivity index (χ2v) is 4.69. The normalized spacial score (nSPS) is 19.8. The molecule has 0 spiro atoms. The summed E-state index contributed by atoms with van der Waals surface area (Å²) in [5, 5.41) is 8.82. The molecular weight excluding hydrogens is 212 g/mol. The molecule has 17 heavy (non-hydrogen) atoms. The maximum Gasteiger partial charge on any atom is 0.253 e. The van der Waals surface area contributed by atoms with Crippen LogP contribution in [0.2, 0.25) is 0 Å². The number of nitrogens with zero attached hydrogens (tertiary/aromatic N) is 2. The summed E-state index contributed by atoms with van der Waals surface area (Å²) in [7, 11) is 0. The number of likely N-dealkylation sites (tertiary alicyclic amines) is 1. The standard InChI is InChI=1S/C14H16N2O/c1-11-4-3-7-16(10-11)14(17)13-6-2-5-12(8-13)9-15/h2,5-6,8,11H,3-4,7,10H2,1H3. The number of hydrogen-bond acceptors (Lipinski definition) is 2. The average molecular weight is 228 g/mol. The predicted molar refractivity (Wildman–Crippen MR) is 65.5 cm³/mol. The molecule has 1 atom stereocenters. The third-order valence-electron chi connectivity index (χ3n) is 3.18. The van der Waals surface area contributed by atoms with Crippen molar-refractivity contribution in [2.45, 2.75) is 19.8 Å². The molecule has 0 aromatic heterocycles. The predicted octanol–water partition coefficient (Wildman–Crippen LogP) is 2.43. The van der Waals surface area contributed by atoms with Gasteiger partial charge in [0.2, 0.25) is 0 Å². The third-order valence-corrected chi connectivity index (χ3v) is 3.18. The lowest BCUT2D eigenvalue weighted by atomic mass is 9.99. The minimum atomic E-state index is 0.0497. The molecule has 0 N–H and O–H groups in total. The van der Waals surface area contributed by atoms with E-state index >= 15 is 0 Å². The van der Waals surface area contributed by atoms with Crippen LogP contribution in [0.1, 0.15) is 35.7 Å². The zero-order chi connectivity index (χ0) is 12.3. The summed E-state index contributed by atoms with van der Waals surface area (Å²) in [6.45, 7) is 3.83.